The molecule has 0 saturated heterocycles. The van der Waals surface area contributed by atoms with Gasteiger partial charge in [0.15, 0.2) is 0 Å². The maximum atomic E-state index is 12.6. The Bertz CT molecular complexity index is 735. The third-order valence-corrected chi connectivity index (χ3v) is 4.48. The number of nitrogens with one attached hydrogen (secondary N) is 2. The molecule has 0 aliphatic heterocycles. The molecule has 0 fully saturated rings. The molecule has 0 aliphatic carbocycles. The molecular formula is C18H24N4O2S. The van der Waals surface area contributed by atoms with Crippen LogP contribution in [0.2, 0.25) is 0 Å². The largest absolute Gasteiger partial charge is 0.344 e. The van der Waals surface area contributed by atoms with Crippen LogP contribution in [0.5, 0.6) is 0 Å². The molecule has 0 radical (unpaired) electrons. The van der Waals surface area contributed by atoms with Gasteiger partial charge in [0.1, 0.15) is 11.0 Å². The summed E-state index contributed by atoms with van der Waals surface area (Å²) in [6.45, 7) is 9.23. The van der Waals surface area contributed by atoms with Crippen LogP contribution in [-0.2, 0) is 9.59 Å². The fourth-order valence-corrected chi connectivity index (χ4v) is 2.80. The average Bonchev–Trinajstić information content (AvgIpc) is 3.00. The van der Waals surface area contributed by atoms with E-state index in [0.29, 0.717) is 5.13 Å². The quantitative estimate of drug-likeness (QED) is 0.856. The lowest BCUT2D eigenvalue weighted by molar-refractivity contribution is -0.132. The van der Waals surface area contributed by atoms with Gasteiger partial charge in [-0.3, -0.25) is 14.9 Å². The second-order valence-electron chi connectivity index (χ2n) is 7.21. The van der Waals surface area contributed by atoms with Crippen molar-refractivity contribution in [1.82, 2.24) is 15.5 Å². The zero-order valence-corrected chi connectivity index (χ0v) is 16.0. The van der Waals surface area contributed by atoms with E-state index in [-0.39, 0.29) is 17.7 Å². The predicted molar refractivity (Wildman–Crippen MR) is 100 cm³/mol. The summed E-state index contributed by atoms with van der Waals surface area (Å²) in [5.74, 6) is -0.500. The second-order valence-corrected chi connectivity index (χ2v) is 8.19. The second kappa shape index (κ2) is 7.74. The Labute approximate surface area is 152 Å². The highest BCUT2D eigenvalue weighted by molar-refractivity contribution is 7.18. The number of carbonyl (C=O) groups excluding carboxylic acids is 2. The van der Waals surface area contributed by atoms with Gasteiger partial charge >= 0.3 is 0 Å². The van der Waals surface area contributed by atoms with Crippen molar-refractivity contribution in [3.63, 3.8) is 0 Å². The minimum Gasteiger partial charge on any atom is -0.344 e. The van der Waals surface area contributed by atoms with Gasteiger partial charge in [-0.25, -0.2) is 0 Å². The summed E-state index contributed by atoms with van der Waals surface area (Å²) in [5.41, 5.74) is 0.387. The molecule has 134 valence electrons. The lowest BCUT2D eigenvalue weighted by atomic mass is 9.93. The number of nitrogens with zero attached hydrogens (tertiary/aromatic N) is 2. The molecule has 1 aromatic heterocycles. The molecule has 2 N–H and O–H groups in total. The van der Waals surface area contributed by atoms with E-state index in [0.717, 1.165) is 10.6 Å². The van der Waals surface area contributed by atoms with Crippen molar-refractivity contribution in [1.29, 1.82) is 0 Å². The van der Waals surface area contributed by atoms with E-state index < -0.39 is 11.5 Å². The minimum atomic E-state index is -0.629. The number of amides is 2. The molecule has 0 spiro atoms. The molecule has 0 saturated carbocycles. The molecule has 2 rings (SSSR count). The summed E-state index contributed by atoms with van der Waals surface area (Å²) in [7, 11) is 0. The van der Waals surface area contributed by atoms with E-state index in [2.05, 4.69) is 20.8 Å². The molecule has 7 heteroatoms. The smallest absolute Gasteiger partial charge is 0.249 e. The van der Waals surface area contributed by atoms with Crippen molar-refractivity contribution in [3.8, 4) is 10.6 Å². The summed E-state index contributed by atoms with van der Waals surface area (Å²) in [5, 5.41) is 14.9. The minimum absolute atomic E-state index is 0.0483. The highest BCUT2D eigenvalue weighted by Gasteiger charge is 2.30. The van der Waals surface area contributed by atoms with Crippen LogP contribution in [0.3, 0.4) is 0 Å². The molecular weight excluding hydrogens is 336 g/mol. The molecule has 1 atom stereocenters. The molecule has 1 aromatic carbocycles. The summed E-state index contributed by atoms with van der Waals surface area (Å²) < 4.78 is 0. The van der Waals surface area contributed by atoms with E-state index in [1.54, 1.807) is 0 Å². The van der Waals surface area contributed by atoms with Gasteiger partial charge in [0.05, 0.1) is 0 Å². The Kier molecular flexibility index (Phi) is 5.89. The van der Waals surface area contributed by atoms with Gasteiger partial charge in [-0.05, 0) is 5.92 Å². The van der Waals surface area contributed by atoms with Gasteiger partial charge in [0, 0.05) is 11.0 Å². The molecule has 1 unspecified atom stereocenters. The molecule has 0 aliphatic rings. The first-order chi connectivity index (χ1) is 11.7. The van der Waals surface area contributed by atoms with Crippen molar-refractivity contribution in [3.05, 3.63) is 30.3 Å². The number of rotatable bonds is 5. The van der Waals surface area contributed by atoms with Crippen LogP contribution in [0.15, 0.2) is 30.3 Å². The van der Waals surface area contributed by atoms with Crippen LogP contribution in [0.1, 0.15) is 34.6 Å². The Morgan fingerprint density at radius 2 is 1.72 bits per heavy atom. The van der Waals surface area contributed by atoms with Crippen LogP contribution in [-0.4, -0.2) is 28.1 Å². The normalized spacial score (nSPS) is 12.7. The third kappa shape index (κ3) is 5.09. The first-order valence-electron chi connectivity index (χ1n) is 8.19. The Morgan fingerprint density at radius 1 is 1.08 bits per heavy atom. The van der Waals surface area contributed by atoms with E-state index in [1.807, 2.05) is 65.0 Å². The number of carbonyl (C=O) groups is 2. The third-order valence-electron chi connectivity index (χ3n) is 3.59. The molecule has 0 bridgehead atoms. The molecule has 2 aromatic rings. The molecule has 2 amide bonds. The first-order valence-corrected chi connectivity index (χ1v) is 9.01. The van der Waals surface area contributed by atoms with Crippen LogP contribution in [0.4, 0.5) is 5.13 Å². The number of anilines is 1. The van der Waals surface area contributed by atoms with Crippen LogP contribution < -0.4 is 10.6 Å². The monoisotopic (exact) mass is 360 g/mol. The van der Waals surface area contributed by atoms with Crippen molar-refractivity contribution >= 4 is 28.3 Å². The van der Waals surface area contributed by atoms with Gasteiger partial charge in [0.2, 0.25) is 16.9 Å². The molecule has 1 heterocycles. The lowest BCUT2D eigenvalue weighted by Crippen LogP contribution is -2.50. The maximum absolute atomic E-state index is 12.6. The standard InChI is InChI=1S/C18H24N4O2S/c1-11(2)13(19-16(24)18(3,4)5)14(23)20-17-22-21-15(25-17)12-9-7-6-8-10-12/h6-11,13H,1-5H3,(H,19,24)(H,20,22,23). The maximum Gasteiger partial charge on any atom is 0.249 e. The first kappa shape index (κ1) is 19.1. The van der Waals surface area contributed by atoms with Crippen molar-refractivity contribution in [2.75, 3.05) is 5.32 Å². The van der Waals surface area contributed by atoms with Crippen molar-refractivity contribution < 1.29 is 9.59 Å². The van der Waals surface area contributed by atoms with Crippen molar-refractivity contribution in [2.45, 2.75) is 40.7 Å². The Morgan fingerprint density at radius 3 is 2.28 bits per heavy atom. The zero-order chi connectivity index (χ0) is 18.6. The number of aromatic nitrogens is 2. The van der Waals surface area contributed by atoms with Crippen LogP contribution >= 0.6 is 11.3 Å². The predicted octanol–water partition coefficient (Wildman–Crippen LogP) is 3.33. The van der Waals surface area contributed by atoms with Gasteiger partial charge in [-0.2, -0.15) is 0 Å². The lowest BCUT2D eigenvalue weighted by Gasteiger charge is -2.25. The van der Waals surface area contributed by atoms with Gasteiger partial charge in [0.25, 0.3) is 0 Å². The summed E-state index contributed by atoms with van der Waals surface area (Å²) in [6.07, 6.45) is 0. The van der Waals surface area contributed by atoms with E-state index in [1.165, 1.54) is 11.3 Å². The number of benzene rings is 1. The van der Waals surface area contributed by atoms with Gasteiger partial charge in [-0.15, -0.1) is 10.2 Å². The van der Waals surface area contributed by atoms with Crippen molar-refractivity contribution in [2.24, 2.45) is 11.3 Å². The molecule has 25 heavy (non-hydrogen) atoms. The highest BCUT2D eigenvalue weighted by atomic mass is 32.1. The fraction of sp³-hybridized carbons (Fsp3) is 0.444. The van der Waals surface area contributed by atoms with E-state index in [4.69, 9.17) is 0 Å². The summed E-state index contributed by atoms with van der Waals surface area (Å²) in [6, 6.07) is 9.02. The SMILES string of the molecule is CC(C)C(NC(=O)C(C)(C)C)C(=O)Nc1nnc(-c2ccccc2)s1. The van der Waals surface area contributed by atoms with Gasteiger partial charge in [-0.1, -0.05) is 76.3 Å². The highest BCUT2D eigenvalue weighted by Crippen LogP contribution is 2.26. The summed E-state index contributed by atoms with van der Waals surface area (Å²) >= 11 is 1.30. The average molecular weight is 360 g/mol. The van der Waals surface area contributed by atoms with Gasteiger partial charge < -0.3 is 5.32 Å². The van der Waals surface area contributed by atoms with E-state index >= 15 is 0 Å². The topological polar surface area (TPSA) is 84.0 Å². The number of hydrogen-bond acceptors (Lipinski definition) is 5. The summed E-state index contributed by atoms with van der Waals surface area (Å²) in [4.78, 5) is 24.8. The Balaban J connectivity index is 2.09. The van der Waals surface area contributed by atoms with Crippen LogP contribution in [0, 0.1) is 11.3 Å². The zero-order valence-electron chi connectivity index (χ0n) is 15.2. The van der Waals surface area contributed by atoms with E-state index in [9.17, 15) is 9.59 Å². The fourth-order valence-electron chi connectivity index (χ4n) is 2.05. The van der Waals surface area contributed by atoms with Crippen LogP contribution in [0.25, 0.3) is 10.6 Å². The number of hydrogen-bond donors (Lipinski definition) is 2. The molecule has 6 nitrogen and oxygen atoms in total. The Hall–Kier alpha value is -2.28.